The monoisotopic (exact) mass is 350 g/mol. The van der Waals surface area contributed by atoms with Crippen LogP contribution in [0.2, 0.25) is 10.0 Å². The lowest BCUT2D eigenvalue weighted by molar-refractivity contribution is 0.630. The minimum Gasteiger partial charge on any atom is -0.353 e. The van der Waals surface area contributed by atoms with Crippen molar-refractivity contribution < 1.29 is 4.39 Å². The van der Waals surface area contributed by atoms with Crippen molar-refractivity contribution in [3.63, 3.8) is 0 Å². The quantitative estimate of drug-likeness (QED) is 0.581. The maximum absolute atomic E-state index is 14.3. The van der Waals surface area contributed by atoms with Crippen LogP contribution < -0.4 is 5.73 Å². The van der Waals surface area contributed by atoms with Crippen LogP contribution >= 0.6 is 23.2 Å². The van der Waals surface area contributed by atoms with Gasteiger partial charge < -0.3 is 10.7 Å². The van der Waals surface area contributed by atoms with Gasteiger partial charge in [0.2, 0.25) is 0 Å². The van der Waals surface area contributed by atoms with Gasteiger partial charge in [-0.25, -0.2) is 4.39 Å². The van der Waals surface area contributed by atoms with Crippen molar-refractivity contribution in [1.82, 2.24) is 4.98 Å². The summed E-state index contributed by atoms with van der Waals surface area (Å²) in [4.78, 5) is 3.27. The first kappa shape index (κ1) is 16.3. The van der Waals surface area contributed by atoms with E-state index in [1.54, 1.807) is 18.2 Å². The van der Waals surface area contributed by atoms with Crippen LogP contribution in [0.5, 0.6) is 0 Å². The van der Waals surface area contributed by atoms with Crippen molar-refractivity contribution in [1.29, 1.82) is 0 Å². The van der Waals surface area contributed by atoms with E-state index in [-0.39, 0.29) is 5.82 Å². The molecule has 3 N–H and O–H groups in total. The second-order valence-electron chi connectivity index (χ2n) is 5.49. The normalized spacial score (nSPS) is 11.3. The molecule has 1 heterocycles. The Kier molecular flexibility index (Phi) is 4.90. The maximum Gasteiger partial charge on any atom is 0.132 e. The second kappa shape index (κ2) is 6.91. The molecule has 0 aliphatic rings. The van der Waals surface area contributed by atoms with Crippen LogP contribution in [-0.4, -0.2) is 11.5 Å². The minimum absolute atomic E-state index is 0.263. The van der Waals surface area contributed by atoms with Gasteiger partial charge in [-0.3, -0.25) is 0 Å². The molecule has 0 fully saturated rings. The zero-order valence-electron chi connectivity index (χ0n) is 12.5. The number of hydrogen-bond acceptors (Lipinski definition) is 1. The van der Waals surface area contributed by atoms with Gasteiger partial charge in [-0.2, -0.15) is 0 Å². The van der Waals surface area contributed by atoms with Crippen molar-refractivity contribution in [3.8, 4) is 11.3 Å². The summed E-state index contributed by atoms with van der Waals surface area (Å²) in [6.07, 6.45) is 2.66. The molecule has 0 radical (unpaired) electrons. The summed E-state index contributed by atoms with van der Waals surface area (Å²) in [6.45, 7) is 0.643. The highest BCUT2D eigenvalue weighted by Crippen LogP contribution is 2.38. The largest absolute Gasteiger partial charge is 0.353 e. The Morgan fingerprint density at radius 3 is 2.57 bits per heavy atom. The van der Waals surface area contributed by atoms with E-state index in [0.717, 1.165) is 41.4 Å². The van der Waals surface area contributed by atoms with Gasteiger partial charge in [-0.05, 0) is 49.6 Å². The SMILES string of the molecule is NCCCCc1c(-c2ccccc2F)[nH]c2c(Cl)c(Cl)ccc12. The fraction of sp³-hybridized carbons (Fsp3) is 0.222. The summed E-state index contributed by atoms with van der Waals surface area (Å²) in [5.74, 6) is -0.263. The van der Waals surface area contributed by atoms with Crippen molar-refractivity contribution in [2.45, 2.75) is 19.3 Å². The van der Waals surface area contributed by atoms with Gasteiger partial charge in [0.15, 0.2) is 0 Å². The predicted molar refractivity (Wildman–Crippen MR) is 95.7 cm³/mol. The number of nitrogens with two attached hydrogens (primary N) is 1. The van der Waals surface area contributed by atoms with E-state index in [4.69, 9.17) is 28.9 Å². The summed E-state index contributed by atoms with van der Waals surface area (Å²) in [5, 5.41) is 1.93. The Morgan fingerprint density at radius 1 is 1.04 bits per heavy atom. The summed E-state index contributed by atoms with van der Waals surface area (Å²) < 4.78 is 14.3. The van der Waals surface area contributed by atoms with E-state index in [2.05, 4.69) is 4.98 Å². The number of unbranched alkanes of at least 4 members (excludes halogenated alkanes) is 1. The Morgan fingerprint density at radius 2 is 1.83 bits per heavy atom. The lowest BCUT2D eigenvalue weighted by Gasteiger charge is -2.06. The standard InChI is InChI=1S/C18H17Cl2FN2/c19-14-9-8-12-11(5-3-4-10-22)17(23-18(12)16(14)20)13-6-1-2-7-15(13)21/h1-2,6-9,23H,3-5,10,22H2. The summed E-state index contributed by atoms with van der Waals surface area (Å²) >= 11 is 12.4. The van der Waals surface area contributed by atoms with Crippen LogP contribution in [0.15, 0.2) is 36.4 Å². The molecule has 3 rings (SSSR count). The molecule has 2 aromatic carbocycles. The third-order valence-electron chi connectivity index (χ3n) is 4.00. The van der Waals surface area contributed by atoms with Gasteiger partial charge >= 0.3 is 0 Å². The number of aromatic amines is 1. The molecule has 0 atom stereocenters. The molecule has 3 aromatic rings. The summed E-state index contributed by atoms with van der Waals surface area (Å²) in [6, 6.07) is 10.4. The van der Waals surface area contributed by atoms with E-state index < -0.39 is 0 Å². The van der Waals surface area contributed by atoms with Crippen LogP contribution in [0.3, 0.4) is 0 Å². The molecule has 23 heavy (non-hydrogen) atoms. The molecule has 0 spiro atoms. The minimum atomic E-state index is -0.263. The number of hydrogen-bond donors (Lipinski definition) is 2. The fourth-order valence-corrected chi connectivity index (χ4v) is 3.23. The molecule has 0 saturated carbocycles. The van der Waals surface area contributed by atoms with Crippen LogP contribution in [0.1, 0.15) is 18.4 Å². The lowest BCUT2D eigenvalue weighted by atomic mass is 10.00. The maximum atomic E-state index is 14.3. The van der Waals surface area contributed by atoms with Gasteiger partial charge in [-0.1, -0.05) is 41.4 Å². The zero-order chi connectivity index (χ0) is 16.4. The second-order valence-corrected chi connectivity index (χ2v) is 6.27. The lowest BCUT2D eigenvalue weighted by Crippen LogP contribution is -1.99. The molecular weight excluding hydrogens is 334 g/mol. The van der Waals surface area contributed by atoms with Gasteiger partial charge in [0, 0.05) is 10.9 Å². The van der Waals surface area contributed by atoms with Crippen molar-refractivity contribution in [2.75, 3.05) is 6.54 Å². The molecule has 0 bridgehead atoms. The number of halogens is 3. The molecule has 0 aliphatic heterocycles. The third-order valence-corrected chi connectivity index (χ3v) is 4.80. The van der Waals surface area contributed by atoms with Crippen LogP contribution in [-0.2, 0) is 6.42 Å². The first-order chi connectivity index (χ1) is 11.1. The molecule has 5 heteroatoms. The molecular formula is C18H17Cl2FN2. The first-order valence-electron chi connectivity index (χ1n) is 7.57. The first-order valence-corrected chi connectivity index (χ1v) is 8.32. The van der Waals surface area contributed by atoms with Gasteiger partial charge in [0.1, 0.15) is 5.82 Å². The van der Waals surface area contributed by atoms with Crippen molar-refractivity contribution in [2.24, 2.45) is 5.73 Å². The van der Waals surface area contributed by atoms with E-state index in [1.807, 2.05) is 12.1 Å². The van der Waals surface area contributed by atoms with Crippen LogP contribution in [0, 0.1) is 5.82 Å². The smallest absolute Gasteiger partial charge is 0.132 e. The molecule has 0 aliphatic carbocycles. The average molecular weight is 351 g/mol. The molecule has 2 nitrogen and oxygen atoms in total. The van der Waals surface area contributed by atoms with Gasteiger partial charge in [0.05, 0.1) is 21.3 Å². The van der Waals surface area contributed by atoms with Crippen LogP contribution in [0.4, 0.5) is 4.39 Å². The number of nitrogens with one attached hydrogen (secondary N) is 1. The third kappa shape index (κ3) is 3.09. The van der Waals surface area contributed by atoms with Crippen molar-refractivity contribution >= 4 is 34.1 Å². The molecule has 0 unspecified atom stereocenters. The molecule has 0 amide bonds. The molecule has 120 valence electrons. The molecule has 0 saturated heterocycles. The number of H-pyrrole nitrogens is 1. The van der Waals surface area contributed by atoms with Gasteiger partial charge in [0.25, 0.3) is 0 Å². The summed E-state index contributed by atoms with van der Waals surface area (Å²) in [7, 11) is 0. The average Bonchev–Trinajstić information content (AvgIpc) is 2.91. The summed E-state index contributed by atoms with van der Waals surface area (Å²) in [5.41, 5.74) is 8.70. The Bertz CT molecular complexity index is 842. The number of aromatic nitrogens is 1. The number of rotatable bonds is 5. The Hall–Kier alpha value is -1.55. The number of benzene rings is 2. The number of aryl methyl sites for hydroxylation is 1. The highest BCUT2D eigenvalue weighted by atomic mass is 35.5. The highest BCUT2D eigenvalue weighted by molar-refractivity contribution is 6.45. The predicted octanol–water partition coefficient (Wildman–Crippen LogP) is 5.56. The number of fused-ring (bicyclic) bond motifs is 1. The van der Waals surface area contributed by atoms with Crippen LogP contribution in [0.25, 0.3) is 22.2 Å². The highest BCUT2D eigenvalue weighted by Gasteiger charge is 2.18. The van der Waals surface area contributed by atoms with E-state index >= 15 is 0 Å². The topological polar surface area (TPSA) is 41.8 Å². The van der Waals surface area contributed by atoms with E-state index in [1.165, 1.54) is 6.07 Å². The zero-order valence-corrected chi connectivity index (χ0v) is 14.0. The molecule has 1 aromatic heterocycles. The van der Waals surface area contributed by atoms with Gasteiger partial charge in [-0.15, -0.1) is 0 Å². The van der Waals surface area contributed by atoms with E-state index in [9.17, 15) is 4.39 Å². The van der Waals surface area contributed by atoms with Crippen molar-refractivity contribution in [3.05, 3.63) is 57.8 Å². The fourth-order valence-electron chi connectivity index (χ4n) is 2.86. The Labute approximate surface area is 144 Å². The Balaban J connectivity index is 2.21. The van der Waals surface area contributed by atoms with E-state index in [0.29, 0.717) is 22.2 Å².